The van der Waals surface area contributed by atoms with Crippen molar-refractivity contribution in [2.45, 2.75) is 70.6 Å². The number of rotatable bonds is 5. The molecule has 0 unspecified atom stereocenters. The fourth-order valence-electron chi connectivity index (χ4n) is 3.82. The molecular weight excluding hydrogens is 314 g/mol. The van der Waals surface area contributed by atoms with Crippen molar-refractivity contribution in [3.8, 4) is 5.75 Å². The molecule has 0 aromatic heterocycles. The van der Waals surface area contributed by atoms with E-state index < -0.39 is 5.66 Å². The highest BCUT2D eigenvalue weighted by atomic mass is 16.5. The van der Waals surface area contributed by atoms with Gasteiger partial charge in [0.1, 0.15) is 11.4 Å². The molecule has 1 saturated carbocycles. The minimum Gasteiger partial charge on any atom is -0.490 e. The lowest BCUT2D eigenvalue weighted by Crippen LogP contribution is -2.58. The molecule has 136 valence electrons. The summed E-state index contributed by atoms with van der Waals surface area (Å²) >= 11 is 0. The van der Waals surface area contributed by atoms with Crippen molar-refractivity contribution in [1.82, 2.24) is 0 Å². The van der Waals surface area contributed by atoms with Crippen molar-refractivity contribution in [2.24, 2.45) is 21.5 Å². The van der Waals surface area contributed by atoms with Gasteiger partial charge in [-0.15, -0.1) is 0 Å². The number of hydrogen-bond donors (Lipinski definition) is 2. The van der Waals surface area contributed by atoms with E-state index in [-0.39, 0.29) is 12.1 Å². The summed E-state index contributed by atoms with van der Waals surface area (Å²) in [5.74, 6) is 1.58. The number of nitrogens with two attached hydrogens (primary N) is 2. The highest BCUT2D eigenvalue weighted by Gasteiger charge is 2.42. The van der Waals surface area contributed by atoms with Gasteiger partial charge in [0.25, 0.3) is 0 Å². The quantitative estimate of drug-likeness (QED) is 0.858. The number of hydrogen-bond acceptors (Lipinski definition) is 6. The summed E-state index contributed by atoms with van der Waals surface area (Å²) in [5, 5.41) is 0. The topological polar surface area (TPSA) is 89.2 Å². The maximum Gasteiger partial charge on any atom is 0.220 e. The molecule has 6 nitrogen and oxygen atoms in total. The second kappa shape index (κ2) is 7.33. The fourth-order valence-corrected chi connectivity index (χ4v) is 3.82. The summed E-state index contributed by atoms with van der Waals surface area (Å²) in [6.45, 7) is 4.28. The third-order valence-electron chi connectivity index (χ3n) is 5.16. The highest BCUT2D eigenvalue weighted by Crippen LogP contribution is 2.39. The second-order valence-electron chi connectivity index (χ2n) is 6.87. The van der Waals surface area contributed by atoms with Crippen LogP contribution in [0.5, 0.6) is 5.75 Å². The molecule has 1 aliphatic heterocycles. The van der Waals surface area contributed by atoms with Gasteiger partial charge in [-0.25, -0.2) is 4.99 Å². The van der Waals surface area contributed by atoms with E-state index in [2.05, 4.69) is 18.8 Å². The molecule has 0 amide bonds. The predicted octanol–water partition coefficient (Wildman–Crippen LogP) is 3.36. The van der Waals surface area contributed by atoms with Crippen LogP contribution in [0.3, 0.4) is 0 Å². The van der Waals surface area contributed by atoms with Crippen LogP contribution in [0.1, 0.15) is 58.8 Å². The van der Waals surface area contributed by atoms with Crippen LogP contribution in [-0.4, -0.2) is 23.7 Å². The third-order valence-corrected chi connectivity index (χ3v) is 5.16. The van der Waals surface area contributed by atoms with Gasteiger partial charge in [0.2, 0.25) is 11.9 Å². The third kappa shape index (κ3) is 3.57. The number of benzene rings is 1. The summed E-state index contributed by atoms with van der Waals surface area (Å²) < 4.78 is 6.01. The predicted molar refractivity (Wildman–Crippen MR) is 103 cm³/mol. The number of nitrogens with zero attached hydrogens (tertiary/aromatic N) is 3. The molecule has 2 aliphatic rings. The van der Waals surface area contributed by atoms with Gasteiger partial charge in [-0.1, -0.05) is 20.3 Å². The van der Waals surface area contributed by atoms with E-state index in [0.29, 0.717) is 5.96 Å². The van der Waals surface area contributed by atoms with Crippen LogP contribution in [0.4, 0.5) is 5.69 Å². The number of aliphatic imine (C=N–C) groups is 2. The second-order valence-corrected chi connectivity index (χ2v) is 6.87. The normalized spacial score (nSPS) is 19.7. The van der Waals surface area contributed by atoms with Crippen molar-refractivity contribution >= 4 is 17.6 Å². The Hall–Kier alpha value is -2.24. The smallest absolute Gasteiger partial charge is 0.220 e. The van der Waals surface area contributed by atoms with E-state index >= 15 is 0 Å². The van der Waals surface area contributed by atoms with Crippen LogP contribution in [-0.2, 0) is 0 Å². The molecule has 1 aromatic rings. The van der Waals surface area contributed by atoms with Crippen LogP contribution in [0, 0.1) is 0 Å². The first-order valence-corrected chi connectivity index (χ1v) is 9.34. The Balaban J connectivity index is 1.87. The van der Waals surface area contributed by atoms with E-state index in [1.165, 1.54) is 6.42 Å². The van der Waals surface area contributed by atoms with Crippen molar-refractivity contribution in [3.63, 3.8) is 0 Å². The standard InChI is InChI=1S/C19H29N5O/c1-3-15(4-2)25-16-10-8-14(9-11-16)24-18(21)22-17(20)23-19(24)12-6-5-7-13-19/h8-11,15H,3-7,12-13H2,1-2H3,(H4,20,21,22,23). The Morgan fingerprint density at radius 1 is 1.08 bits per heavy atom. The Kier molecular flexibility index (Phi) is 5.16. The average Bonchev–Trinajstić information content (AvgIpc) is 2.61. The van der Waals surface area contributed by atoms with Gasteiger partial charge in [-0.3, -0.25) is 4.90 Å². The molecule has 1 heterocycles. The Bertz CT molecular complexity index is 642. The van der Waals surface area contributed by atoms with Crippen LogP contribution in [0.25, 0.3) is 0 Å². The first kappa shape index (κ1) is 17.6. The van der Waals surface area contributed by atoms with E-state index in [9.17, 15) is 0 Å². The van der Waals surface area contributed by atoms with Gasteiger partial charge in [0.15, 0.2) is 0 Å². The zero-order chi connectivity index (χ0) is 17.9. The van der Waals surface area contributed by atoms with Crippen LogP contribution in [0.15, 0.2) is 34.3 Å². The highest BCUT2D eigenvalue weighted by molar-refractivity contribution is 6.05. The van der Waals surface area contributed by atoms with Gasteiger partial charge in [0, 0.05) is 5.69 Å². The maximum atomic E-state index is 6.25. The first-order valence-electron chi connectivity index (χ1n) is 9.34. The lowest BCUT2D eigenvalue weighted by atomic mass is 9.87. The number of ether oxygens (including phenoxy) is 1. The molecule has 0 atom stereocenters. The zero-order valence-corrected chi connectivity index (χ0v) is 15.2. The van der Waals surface area contributed by atoms with Crippen molar-refractivity contribution in [3.05, 3.63) is 24.3 Å². The summed E-state index contributed by atoms with van der Waals surface area (Å²) in [5.41, 5.74) is 12.8. The van der Waals surface area contributed by atoms with Gasteiger partial charge in [-0.05, 0) is 62.8 Å². The lowest BCUT2D eigenvalue weighted by molar-refractivity contribution is 0.193. The Morgan fingerprint density at radius 2 is 1.72 bits per heavy atom. The van der Waals surface area contributed by atoms with Crippen LogP contribution < -0.4 is 21.1 Å². The molecule has 1 spiro atoms. The SMILES string of the molecule is CCC(CC)Oc1ccc(N2C(N)=NC(N)=NC23CCCCC3)cc1. The fraction of sp³-hybridized carbons (Fsp3) is 0.579. The van der Waals surface area contributed by atoms with Gasteiger partial charge in [0.05, 0.1) is 6.10 Å². The van der Waals surface area contributed by atoms with Crippen LogP contribution in [0.2, 0.25) is 0 Å². The summed E-state index contributed by atoms with van der Waals surface area (Å²) in [6.07, 6.45) is 7.60. The first-order chi connectivity index (χ1) is 12.1. The lowest BCUT2D eigenvalue weighted by Gasteiger charge is -2.45. The van der Waals surface area contributed by atoms with Gasteiger partial charge >= 0.3 is 0 Å². The van der Waals surface area contributed by atoms with Gasteiger partial charge < -0.3 is 16.2 Å². The molecule has 1 aliphatic carbocycles. The van der Waals surface area contributed by atoms with E-state index in [4.69, 9.17) is 21.2 Å². The summed E-state index contributed by atoms with van der Waals surface area (Å²) in [6, 6.07) is 8.07. The molecule has 0 bridgehead atoms. The maximum absolute atomic E-state index is 6.25. The molecule has 1 aromatic carbocycles. The minimum atomic E-state index is -0.397. The van der Waals surface area contributed by atoms with E-state index in [0.717, 1.165) is 50.0 Å². The largest absolute Gasteiger partial charge is 0.490 e. The molecule has 0 saturated heterocycles. The molecule has 0 radical (unpaired) electrons. The molecule has 6 heteroatoms. The van der Waals surface area contributed by atoms with E-state index in [1.54, 1.807) is 0 Å². The van der Waals surface area contributed by atoms with Crippen molar-refractivity contribution in [2.75, 3.05) is 4.90 Å². The van der Waals surface area contributed by atoms with Crippen LogP contribution >= 0.6 is 0 Å². The minimum absolute atomic E-state index is 0.251. The average molecular weight is 343 g/mol. The molecule has 1 fully saturated rings. The molecular formula is C19H29N5O. The van der Waals surface area contributed by atoms with Crippen molar-refractivity contribution < 1.29 is 4.74 Å². The Morgan fingerprint density at radius 3 is 2.32 bits per heavy atom. The number of guanidine groups is 2. The summed E-state index contributed by atoms with van der Waals surface area (Å²) in [4.78, 5) is 10.9. The monoisotopic (exact) mass is 343 g/mol. The van der Waals surface area contributed by atoms with Crippen molar-refractivity contribution in [1.29, 1.82) is 0 Å². The van der Waals surface area contributed by atoms with E-state index in [1.807, 2.05) is 29.2 Å². The summed E-state index contributed by atoms with van der Waals surface area (Å²) in [7, 11) is 0. The molecule has 4 N–H and O–H groups in total. The number of anilines is 1. The zero-order valence-electron chi connectivity index (χ0n) is 15.2. The molecule has 3 rings (SSSR count). The Labute approximate surface area is 150 Å². The van der Waals surface area contributed by atoms with Gasteiger partial charge in [-0.2, -0.15) is 4.99 Å². The molecule has 25 heavy (non-hydrogen) atoms.